The summed E-state index contributed by atoms with van der Waals surface area (Å²) in [6.07, 6.45) is 9.62. The van der Waals surface area contributed by atoms with E-state index in [1.807, 2.05) is 0 Å². The van der Waals surface area contributed by atoms with Gasteiger partial charge in [0.1, 0.15) is 11.5 Å². The lowest BCUT2D eigenvalue weighted by molar-refractivity contribution is -0.138. The van der Waals surface area contributed by atoms with Gasteiger partial charge in [-0.2, -0.15) is 0 Å². The van der Waals surface area contributed by atoms with Crippen molar-refractivity contribution in [2.75, 3.05) is 0 Å². The Labute approximate surface area is 144 Å². The van der Waals surface area contributed by atoms with Gasteiger partial charge < -0.3 is 9.47 Å². The van der Waals surface area contributed by atoms with Gasteiger partial charge >= 0.3 is 11.9 Å². The molecule has 0 spiro atoms. The number of ether oxygens (including phenoxy) is 2. The van der Waals surface area contributed by atoms with E-state index in [-0.39, 0.29) is 11.9 Å². The molecule has 0 aromatic carbocycles. The van der Waals surface area contributed by atoms with Crippen LogP contribution in [0.1, 0.15) is 78.1 Å². The van der Waals surface area contributed by atoms with E-state index in [9.17, 15) is 9.59 Å². The van der Waals surface area contributed by atoms with Crippen LogP contribution in [0.15, 0.2) is 22.7 Å². The first-order valence-corrected chi connectivity index (χ1v) is 8.89. The second-order valence-electron chi connectivity index (χ2n) is 6.36. The Morgan fingerprint density at radius 2 is 1.04 bits per heavy atom. The number of esters is 2. The van der Waals surface area contributed by atoms with E-state index < -0.39 is 0 Å². The summed E-state index contributed by atoms with van der Waals surface area (Å²) in [6.45, 7) is 2.85. The highest BCUT2D eigenvalue weighted by atomic mass is 16.5. The first kappa shape index (κ1) is 18.3. The van der Waals surface area contributed by atoms with Gasteiger partial charge in [0.15, 0.2) is 0 Å². The van der Waals surface area contributed by atoms with Crippen molar-refractivity contribution < 1.29 is 19.1 Å². The van der Waals surface area contributed by atoms with Gasteiger partial charge in [-0.1, -0.05) is 24.7 Å². The highest BCUT2D eigenvalue weighted by Gasteiger charge is 2.15. The Morgan fingerprint density at radius 1 is 0.667 bits per heavy atom. The van der Waals surface area contributed by atoms with Gasteiger partial charge in [0.05, 0.1) is 0 Å². The van der Waals surface area contributed by atoms with Crippen molar-refractivity contribution in [2.45, 2.75) is 78.1 Å². The zero-order valence-corrected chi connectivity index (χ0v) is 14.7. The maximum absolute atomic E-state index is 11.3. The number of rotatable bonds is 2. The molecule has 0 saturated heterocycles. The Bertz CT molecular complexity index is 561. The third-order valence-corrected chi connectivity index (χ3v) is 4.23. The fourth-order valence-corrected chi connectivity index (χ4v) is 3.10. The standard InChI is InChI=1S/C20H26O4/c1-15(21)23-19-11-7-3-5-9-17(19)13-14-18-10-6-4-8-12-20(18)24-16(2)22/h3-12H2,1-2H3. The molecule has 0 aromatic rings. The van der Waals surface area contributed by atoms with E-state index >= 15 is 0 Å². The lowest BCUT2D eigenvalue weighted by atomic mass is 10.1. The molecule has 4 nitrogen and oxygen atoms in total. The van der Waals surface area contributed by atoms with Crippen LogP contribution in [0.25, 0.3) is 0 Å². The highest BCUT2D eigenvalue weighted by Crippen LogP contribution is 2.27. The van der Waals surface area contributed by atoms with Crippen LogP contribution in [0, 0.1) is 11.8 Å². The van der Waals surface area contributed by atoms with Crippen LogP contribution in [-0.4, -0.2) is 11.9 Å². The molecule has 0 radical (unpaired) electrons. The zero-order valence-electron chi connectivity index (χ0n) is 14.7. The van der Waals surface area contributed by atoms with Gasteiger partial charge in [-0.15, -0.1) is 0 Å². The van der Waals surface area contributed by atoms with E-state index in [2.05, 4.69) is 11.8 Å². The minimum absolute atomic E-state index is 0.291. The normalized spacial score (nSPS) is 18.9. The van der Waals surface area contributed by atoms with Crippen LogP contribution < -0.4 is 0 Å². The third-order valence-electron chi connectivity index (χ3n) is 4.23. The molecule has 0 fully saturated rings. The van der Waals surface area contributed by atoms with Crippen molar-refractivity contribution in [3.63, 3.8) is 0 Å². The van der Waals surface area contributed by atoms with Crippen LogP contribution in [-0.2, 0) is 19.1 Å². The van der Waals surface area contributed by atoms with Gasteiger partial charge in [-0.05, 0) is 38.5 Å². The van der Waals surface area contributed by atoms with Crippen molar-refractivity contribution in [3.8, 4) is 11.8 Å². The van der Waals surface area contributed by atoms with Crippen molar-refractivity contribution in [1.29, 1.82) is 0 Å². The summed E-state index contributed by atoms with van der Waals surface area (Å²) >= 11 is 0. The van der Waals surface area contributed by atoms with Gasteiger partial charge in [0, 0.05) is 37.8 Å². The monoisotopic (exact) mass is 330 g/mol. The number of hydrogen-bond acceptors (Lipinski definition) is 4. The summed E-state index contributed by atoms with van der Waals surface area (Å²) in [7, 11) is 0. The molecular formula is C20H26O4. The molecule has 0 bridgehead atoms. The summed E-state index contributed by atoms with van der Waals surface area (Å²) in [5.74, 6) is 7.30. The molecule has 0 saturated carbocycles. The molecule has 0 amide bonds. The predicted molar refractivity (Wildman–Crippen MR) is 91.5 cm³/mol. The molecule has 0 aromatic heterocycles. The molecule has 2 aliphatic rings. The van der Waals surface area contributed by atoms with Gasteiger partial charge in [0.25, 0.3) is 0 Å². The molecule has 2 rings (SSSR count). The van der Waals surface area contributed by atoms with Crippen LogP contribution in [0.2, 0.25) is 0 Å². The first-order chi connectivity index (χ1) is 11.6. The van der Waals surface area contributed by atoms with Gasteiger partial charge in [-0.3, -0.25) is 9.59 Å². The molecule has 0 atom stereocenters. The number of carbonyl (C=O) groups is 2. The van der Waals surface area contributed by atoms with E-state index in [1.54, 1.807) is 0 Å². The van der Waals surface area contributed by atoms with Crippen LogP contribution >= 0.6 is 0 Å². The lowest BCUT2D eigenvalue weighted by Gasteiger charge is -2.08. The molecule has 0 N–H and O–H groups in total. The number of carbonyl (C=O) groups excluding carboxylic acids is 2. The SMILES string of the molecule is CC(=O)OC1=C(C#CC2=C(OC(C)=O)CCCCC2)CCCCC1. The molecule has 2 aliphatic carbocycles. The largest absolute Gasteiger partial charge is 0.430 e. The van der Waals surface area contributed by atoms with Crippen molar-refractivity contribution in [2.24, 2.45) is 0 Å². The van der Waals surface area contributed by atoms with Crippen LogP contribution in [0.3, 0.4) is 0 Å². The molecule has 130 valence electrons. The Morgan fingerprint density at radius 3 is 1.42 bits per heavy atom. The van der Waals surface area contributed by atoms with Gasteiger partial charge in [-0.25, -0.2) is 0 Å². The van der Waals surface area contributed by atoms with E-state index in [1.165, 1.54) is 13.8 Å². The summed E-state index contributed by atoms with van der Waals surface area (Å²) in [4.78, 5) is 22.6. The lowest BCUT2D eigenvalue weighted by Crippen LogP contribution is -2.02. The Balaban J connectivity index is 2.30. The minimum Gasteiger partial charge on any atom is -0.430 e. The second kappa shape index (κ2) is 9.32. The van der Waals surface area contributed by atoms with Crippen molar-refractivity contribution in [1.82, 2.24) is 0 Å². The number of allylic oxidation sites excluding steroid dienone is 4. The van der Waals surface area contributed by atoms with Crippen molar-refractivity contribution >= 4 is 11.9 Å². The summed E-state index contributed by atoms with van der Waals surface area (Å²) in [5.41, 5.74) is 1.84. The van der Waals surface area contributed by atoms with Crippen LogP contribution in [0.4, 0.5) is 0 Å². The van der Waals surface area contributed by atoms with E-state index in [0.717, 1.165) is 86.9 Å². The van der Waals surface area contributed by atoms with Gasteiger partial charge in [0.2, 0.25) is 0 Å². The van der Waals surface area contributed by atoms with Crippen LogP contribution in [0.5, 0.6) is 0 Å². The summed E-state index contributed by atoms with van der Waals surface area (Å²) in [6, 6.07) is 0. The predicted octanol–water partition coefficient (Wildman–Crippen LogP) is 4.55. The highest BCUT2D eigenvalue weighted by molar-refractivity contribution is 5.68. The average molecular weight is 330 g/mol. The van der Waals surface area contributed by atoms with E-state index in [0.29, 0.717) is 0 Å². The fourth-order valence-electron chi connectivity index (χ4n) is 3.10. The Hall–Kier alpha value is -2.02. The maximum atomic E-state index is 11.3. The number of hydrogen-bond donors (Lipinski definition) is 0. The molecule has 0 heterocycles. The van der Waals surface area contributed by atoms with Crippen molar-refractivity contribution in [3.05, 3.63) is 22.7 Å². The molecule has 0 unspecified atom stereocenters. The second-order valence-corrected chi connectivity index (χ2v) is 6.36. The molecule has 0 aliphatic heterocycles. The smallest absolute Gasteiger partial charge is 0.307 e. The van der Waals surface area contributed by atoms with E-state index in [4.69, 9.17) is 9.47 Å². The minimum atomic E-state index is -0.291. The molecule has 24 heavy (non-hydrogen) atoms. The Kier molecular flexibility index (Phi) is 7.11. The maximum Gasteiger partial charge on any atom is 0.307 e. The zero-order chi connectivity index (χ0) is 17.4. The first-order valence-electron chi connectivity index (χ1n) is 8.89. The molecule has 4 heteroatoms. The third kappa shape index (κ3) is 5.88. The average Bonchev–Trinajstić information content (AvgIpc) is 2.85. The molecular weight excluding hydrogens is 304 g/mol. The topological polar surface area (TPSA) is 52.6 Å². The fraction of sp³-hybridized carbons (Fsp3) is 0.600. The quantitative estimate of drug-likeness (QED) is 0.550. The summed E-state index contributed by atoms with van der Waals surface area (Å²) < 4.78 is 10.8. The summed E-state index contributed by atoms with van der Waals surface area (Å²) in [5, 5.41) is 0.